The molecule has 0 amide bonds. The number of nitrogens with zero attached hydrogens (tertiary/aromatic N) is 1. The van der Waals surface area contributed by atoms with Crippen LogP contribution in [0.3, 0.4) is 0 Å². The molecule has 0 aliphatic heterocycles. The predicted molar refractivity (Wildman–Crippen MR) is 54.1 cm³/mol. The van der Waals surface area contributed by atoms with Gasteiger partial charge in [0.05, 0.1) is 16.7 Å². The summed E-state index contributed by atoms with van der Waals surface area (Å²) in [5.41, 5.74) is 4.13. The average molecular weight is 246 g/mol. The lowest BCUT2D eigenvalue weighted by atomic mass is 10.1. The van der Waals surface area contributed by atoms with Gasteiger partial charge in [0, 0.05) is 6.07 Å². The molecule has 17 heavy (non-hydrogen) atoms. The number of nitrogens with two attached hydrogens (primary N) is 1. The van der Waals surface area contributed by atoms with Crippen molar-refractivity contribution in [2.75, 3.05) is 5.73 Å². The Kier molecular flexibility index (Phi) is 3.56. The van der Waals surface area contributed by atoms with Crippen LogP contribution in [0.1, 0.15) is 17.3 Å². The van der Waals surface area contributed by atoms with Gasteiger partial charge in [0.2, 0.25) is 0 Å². The van der Waals surface area contributed by atoms with Crippen LogP contribution in [0.5, 0.6) is 5.75 Å². The van der Waals surface area contributed by atoms with Gasteiger partial charge in [-0.3, -0.25) is 14.9 Å². The van der Waals surface area contributed by atoms with Gasteiger partial charge >= 0.3 is 6.61 Å². The molecule has 0 aliphatic carbocycles. The number of carbonyl (C=O) groups excluding carboxylic acids is 1. The van der Waals surface area contributed by atoms with E-state index < -0.39 is 28.8 Å². The third-order valence-corrected chi connectivity index (χ3v) is 1.90. The zero-order chi connectivity index (χ0) is 13.2. The summed E-state index contributed by atoms with van der Waals surface area (Å²) in [6, 6.07) is 1.68. The zero-order valence-electron chi connectivity index (χ0n) is 8.65. The van der Waals surface area contributed by atoms with Gasteiger partial charge in [-0.15, -0.1) is 0 Å². The van der Waals surface area contributed by atoms with Gasteiger partial charge in [0.25, 0.3) is 5.69 Å². The Morgan fingerprint density at radius 3 is 2.53 bits per heavy atom. The second-order valence-corrected chi connectivity index (χ2v) is 3.10. The van der Waals surface area contributed by atoms with Crippen molar-refractivity contribution in [2.24, 2.45) is 0 Å². The van der Waals surface area contributed by atoms with E-state index in [-0.39, 0.29) is 11.3 Å². The predicted octanol–water partition coefficient (Wildman–Crippen LogP) is 1.98. The molecule has 0 unspecified atom stereocenters. The molecule has 0 bridgehead atoms. The topological polar surface area (TPSA) is 95.5 Å². The Hall–Kier alpha value is -2.25. The Bertz CT molecular complexity index is 476. The number of rotatable bonds is 4. The molecule has 92 valence electrons. The number of nitro groups is 1. The van der Waals surface area contributed by atoms with Crippen LogP contribution in [0.4, 0.5) is 20.2 Å². The van der Waals surface area contributed by atoms with Crippen molar-refractivity contribution in [3.63, 3.8) is 0 Å². The quantitative estimate of drug-likeness (QED) is 0.379. The van der Waals surface area contributed by atoms with Crippen LogP contribution in [-0.2, 0) is 0 Å². The molecule has 1 rings (SSSR count). The average Bonchev–Trinajstić information content (AvgIpc) is 2.14. The fraction of sp³-hybridized carbons (Fsp3) is 0.222. The maximum Gasteiger partial charge on any atom is 0.387 e. The maximum atomic E-state index is 11.9. The highest BCUT2D eigenvalue weighted by atomic mass is 19.3. The van der Waals surface area contributed by atoms with Crippen molar-refractivity contribution in [1.29, 1.82) is 0 Å². The summed E-state index contributed by atoms with van der Waals surface area (Å²) in [6.45, 7) is -2.04. The molecule has 0 radical (unpaired) electrons. The molecule has 2 N–H and O–H groups in total. The first kappa shape index (κ1) is 12.8. The van der Waals surface area contributed by atoms with Crippen molar-refractivity contribution in [3.8, 4) is 5.75 Å². The number of anilines is 1. The Labute approximate surface area is 94.1 Å². The Balaban J connectivity index is 3.36. The number of alkyl halides is 2. The van der Waals surface area contributed by atoms with Gasteiger partial charge in [0.15, 0.2) is 5.78 Å². The SMILES string of the molecule is CC(=O)c1c(N)cc(OC(F)F)cc1[N+](=O)[O-]. The zero-order valence-corrected chi connectivity index (χ0v) is 8.65. The van der Waals surface area contributed by atoms with E-state index in [4.69, 9.17) is 5.73 Å². The summed E-state index contributed by atoms with van der Waals surface area (Å²) in [5.74, 6) is -1.09. The van der Waals surface area contributed by atoms with E-state index in [2.05, 4.69) is 4.74 Å². The van der Waals surface area contributed by atoms with Gasteiger partial charge in [-0.25, -0.2) is 0 Å². The Morgan fingerprint density at radius 1 is 1.53 bits per heavy atom. The summed E-state index contributed by atoms with van der Waals surface area (Å²) < 4.78 is 27.9. The van der Waals surface area contributed by atoms with Gasteiger partial charge in [-0.2, -0.15) is 8.78 Å². The van der Waals surface area contributed by atoms with Gasteiger partial charge in [0.1, 0.15) is 11.3 Å². The van der Waals surface area contributed by atoms with Crippen LogP contribution < -0.4 is 10.5 Å². The molecule has 1 aromatic carbocycles. The van der Waals surface area contributed by atoms with Crippen LogP contribution in [0.15, 0.2) is 12.1 Å². The van der Waals surface area contributed by atoms with Crippen LogP contribution in [0, 0.1) is 10.1 Å². The number of Topliss-reactive ketones (excluding diaryl/α,β-unsaturated/α-hetero) is 1. The first-order valence-electron chi connectivity index (χ1n) is 4.36. The van der Waals surface area contributed by atoms with Gasteiger partial charge < -0.3 is 10.5 Å². The highest BCUT2D eigenvalue weighted by Crippen LogP contribution is 2.31. The number of halogens is 2. The minimum absolute atomic E-state index is 0.276. The highest BCUT2D eigenvalue weighted by Gasteiger charge is 2.23. The van der Waals surface area contributed by atoms with E-state index in [9.17, 15) is 23.7 Å². The van der Waals surface area contributed by atoms with Gasteiger partial charge in [-0.1, -0.05) is 0 Å². The molecule has 0 saturated heterocycles. The number of ketones is 1. The molecule has 0 spiro atoms. The molecule has 1 aromatic rings. The summed E-state index contributed by atoms with van der Waals surface area (Å²) in [5, 5.41) is 10.7. The minimum Gasteiger partial charge on any atom is -0.434 e. The van der Waals surface area contributed by atoms with E-state index in [0.717, 1.165) is 19.1 Å². The van der Waals surface area contributed by atoms with Crippen molar-refractivity contribution >= 4 is 17.2 Å². The smallest absolute Gasteiger partial charge is 0.387 e. The monoisotopic (exact) mass is 246 g/mol. The molecule has 0 heterocycles. The van der Waals surface area contributed by atoms with Crippen LogP contribution in [0.25, 0.3) is 0 Å². The van der Waals surface area contributed by atoms with Crippen LogP contribution >= 0.6 is 0 Å². The van der Waals surface area contributed by atoms with Crippen LogP contribution in [-0.4, -0.2) is 17.3 Å². The standard InChI is InChI=1S/C9H8F2N2O4/c1-4(14)8-6(12)2-5(17-9(10)11)3-7(8)13(15)16/h2-3,9H,12H2,1H3. The van der Waals surface area contributed by atoms with E-state index in [1.165, 1.54) is 0 Å². The lowest BCUT2D eigenvalue weighted by Crippen LogP contribution is -2.08. The van der Waals surface area contributed by atoms with E-state index in [1.807, 2.05) is 0 Å². The number of nitrogen functional groups attached to an aromatic ring is 1. The highest BCUT2D eigenvalue weighted by molar-refractivity contribution is 6.03. The second-order valence-electron chi connectivity index (χ2n) is 3.10. The summed E-state index contributed by atoms with van der Waals surface area (Å²) in [4.78, 5) is 20.9. The van der Waals surface area contributed by atoms with E-state index >= 15 is 0 Å². The number of hydrogen-bond donors (Lipinski definition) is 1. The van der Waals surface area contributed by atoms with Crippen molar-refractivity contribution in [1.82, 2.24) is 0 Å². The van der Waals surface area contributed by atoms with Crippen molar-refractivity contribution in [3.05, 3.63) is 27.8 Å². The Morgan fingerprint density at radius 2 is 2.12 bits per heavy atom. The number of hydrogen-bond acceptors (Lipinski definition) is 5. The van der Waals surface area contributed by atoms with Crippen molar-refractivity contribution in [2.45, 2.75) is 13.5 Å². The summed E-state index contributed by atoms with van der Waals surface area (Å²) in [7, 11) is 0. The number of ether oxygens (including phenoxy) is 1. The molecule has 0 atom stereocenters. The van der Waals surface area contributed by atoms with Gasteiger partial charge in [-0.05, 0) is 6.92 Å². The second kappa shape index (κ2) is 4.73. The summed E-state index contributed by atoms with van der Waals surface area (Å²) in [6.07, 6.45) is 0. The molecular formula is C9H8F2N2O4. The normalized spacial score (nSPS) is 10.4. The lowest BCUT2D eigenvalue weighted by molar-refractivity contribution is -0.385. The lowest BCUT2D eigenvalue weighted by Gasteiger charge is -2.08. The first-order chi connectivity index (χ1) is 7.82. The third kappa shape index (κ3) is 2.86. The van der Waals surface area contributed by atoms with E-state index in [1.54, 1.807) is 0 Å². The molecule has 0 fully saturated rings. The number of carbonyl (C=O) groups is 1. The third-order valence-electron chi connectivity index (χ3n) is 1.90. The molecular weight excluding hydrogens is 238 g/mol. The van der Waals surface area contributed by atoms with Crippen LogP contribution in [0.2, 0.25) is 0 Å². The number of nitro benzene ring substituents is 1. The fourth-order valence-electron chi connectivity index (χ4n) is 1.32. The van der Waals surface area contributed by atoms with E-state index in [0.29, 0.717) is 0 Å². The maximum absolute atomic E-state index is 11.9. The summed E-state index contributed by atoms with van der Waals surface area (Å²) >= 11 is 0. The number of benzene rings is 1. The van der Waals surface area contributed by atoms with Crippen molar-refractivity contribution < 1.29 is 23.2 Å². The fourth-order valence-corrected chi connectivity index (χ4v) is 1.32. The minimum atomic E-state index is -3.13. The molecule has 0 aromatic heterocycles. The largest absolute Gasteiger partial charge is 0.434 e. The molecule has 0 saturated carbocycles. The first-order valence-corrected chi connectivity index (χ1v) is 4.36. The molecule has 8 heteroatoms. The molecule has 6 nitrogen and oxygen atoms in total. The molecule has 0 aliphatic rings.